The van der Waals surface area contributed by atoms with Crippen LogP contribution in [0.25, 0.3) is 0 Å². The highest BCUT2D eigenvalue weighted by molar-refractivity contribution is 6.05. The third kappa shape index (κ3) is 3.50. The van der Waals surface area contributed by atoms with Gasteiger partial charge in [0.25, 0.3) is 11.8 Å². The molecule has 130 valence electrons. The summed E-state index contributed by atoms with van der Waals surface area (Å²) in [6.07, 6.45) is 0. The number of hydrogen-bond acceptors (Lipinski definition) is 3. The van der Waals surface area contributed by atoms with Gasteiger partial charge in [-0.05, 0) is 35.2 Å². The Morgan fingerprint density at radius 3 is 2.44 bits per heavy atom. The van der Waals surface area contributed by atoms with Crippen molar-refractivity contribution in [3.63, 3.8) is 0 Å². The standard InChI is InChI=1S/C20H22N2O3/c1-20(2,3)14-7-5-13(6-8-14)19(24)21-15-9-10-16-17(11-15)25-12-18(23)22(16)4/h5-11H,12H2,1-4H3,(H,21,24). The second-order valence-electron chi connectivity index (χ2n) is 7.21. The third-order valence-corrected chi connectivity index (χ3v) is 4.32. The topological polar surface area (TPSA) is 58.6 Å². The molecule has 0 radical (unpaired) electrons. The summed E-state index contributed by atoms with van der Waals surface area (Å²) in [5.41, 5.74) is 3.15. The largest absolute Gasteiger partial charge is 0.481 e. The van der Waals surface area contributed by atoms with E-state index in [0.717, 1.165) is 0 Å². The molecule has 0 saturated carbocycles. The van der Waals surface area contributed by atoms with Crippen LogP contribution >= 0.6 is 0 Å². The minimum atomic E-state index is -0.180. The Morgan fingerprint density at radius 2 is 1.80 bits per heavy atom. The zero-order chi connectivity index (χ0) is 18.2. The molecule has 0 fully saturated rings. The number of nitrogens with zero attached hydrogens (tertiary/aromatic N) is 1. The number of hydrogen-bond donors (Lipinski definition) is 1. The Balaban J connectivity index is 1.76. The van der Waals surface area contributed by atoms with Crippen LogP contribution in [0.4, 0.5) is 11.4 Å². The molecule has 25 heavy (non-hydrogen) atoms. The molecule has 0 unspecified atom stereocenters. The van der Waals surface area contributed by atoms with Crippen molar-refractivity contribution in [1.29, 1.82) is 0 Å². The Hall–Kier alpha value is -2.82. The minimum Gasteiger partial charge on any atom is -0.481 e. The number of anilines is 2. The van der Waals surface area contributed by atoms with E-state index in [4.69, 9.17) is 4.74 Å². The highest BCUT2D eigenvalue weighted by Crippen LogP contribution is 2.33. The van der Waals surface area contributed by atoms with Crippen LogP contribution in [0.5, 0.6) is 5.75 Å². The number of ether oxygens (including phenoxy) is 1. The summed E-state index contributed by atoms with van der Waals surface area (Å²) in [5, 5.41) is 2.87. The number of benzene rings is 2. The SMILES string of the molecule is CN1C(=O)COc2cc(NC(=O)c3ccc(C(C)(C)C)cc3)ccc21. The van der Waals surface area contributed by atoms with Gasteiger partial charge in [0, 0.05) is 24.4 Å². The van der Waals surface area contributed by atoms with Crippen molar-refractivity contribution >= 4 is 23.2 Å². The first-order chi connectivity index (χ1) is 11.8. The normalized spacial score (nSPS) is 13.9. The smallest absolute Gasteiger partial charge is 0.264 e. The van der Waals surface area contributed by atoms with E-state index in [-0.39, 0.29) is 23.8 Å². The maximum Gasteiger partial charge on any atom is 0.264 e. The fourth-order valence-corrected chi connectivity index (χ4v) is 2.68. The second-order valence-corrected chi connectivity index (χ2v) is 7.21. The van der Waals surface area contributed by atoms with Gasteiger partial charge in [0.2, 0.25) is 0 Å². The molecule has 1 aliphatic heterocycles. The van der Waals surface area contributed by atoms with Crippen molar-refractivity contribution < 1.29 is 14.3 Å². The van der Waals surface area contributed by atoms with Crippen LogP contribution in [0.1, 0.15) is 36.7 Å². The Kier molecular flexibility index (Phi) is 4.25. The lowest BCUT2D eigenvalue weighted by molar-refractivity contribution is -0.120. The molecular formula is C20H22N2O3. The van der Waals surface area contributed by atoms with Gasteiger partial charge in [-0.2, -0.15) is 0 Å². The molecule has 0 atom stereocenters. The van der Waals surface area contributed by atoms with Crippen LogP contribution in [0.15, 0.2) is 42.5 Å². The fourth-order valence-electron chi connectivity index (χ4n) is 2.68. The van der Waals surface area contributed by atoms with Gasteiger partial charge in [-0.3, -0.25) is 9.59 Å². The molecule has 0 saturated heterocycles. The van der Waals surface area contributed by atoms with Crippen LogP contribution < -0.4 is 15.0 Å². The first kappa shape index (κ1) is 17.0. The van der Waals surface area contributed by atoms with Crippen LogP contribution in [0.3, 0.4) is 0 Å². The highest BCUT2D eigenvalue weighted by Gasteiger charge is 2.22. The molecule has 0 bridgehead atoms. The van der Waals surface area contributed by atoms with E-state index in [2.05, 4.69) is 26.1 Å². The van der Waals surface area contributed by atoms with Crippen molar-refractivity contribution in [1.82, 2.24) is 0 Å². The predicted octanol–water partition coefficient (Wildman–Crippen LogP) is 3.59. The average molecular weight is 338 g/mol. The lowest BCUT2D eigenvalue weighted by Gasteiger charge is -2.26. The summed E-state index contributed by atoms with van der Waals surface area (Å²) in [6, 6.07) is 12.9. The van der Waals surface area contributed by atoms with Gasteiger partial charge in [-0.25, -0.2) is 0 Å². The molecule has 0 aromatic heterocycles. The van der Waals surface area contributed by atoms with Crippen molar-refractivity contribution in [3.8, 4) is 5.75 Å². The second kappa shape index (κ2) is 6.24. The van der Waals surface area contributed by atoms with Gasteiger partial charge in [0.1, 0.15) is 5.75 Å². The number of fused-ring (bicyclic) bond motifs is 1. The summed E-state index contributed by atoms with van der Waals surface area (Å²) in [6.45, 7) is 6.42. The molecule has 0 aliphatic carbocycles. The zero-order valence-electron chi connectivity index (χ0n) is 14.9. The Bertz CT molecular complexity index is 820. The minimum absolute atomic E-state index is 0.00909. The Labute approximate surface area is 147 Å². The zero-order valence-corrected chi connectivity index (χ0v) is 14.9. The monoisotopic (exact) mass is 338 g/mol. The molecular weight excluding hydrogens is 316 g/mol. The van der Waals surface area contributed by atoms with Gasteiger partial charge < -0.3 is 15.0 Å². The molecule has 0 spiro atoms. The summed E-state index contributed by atoms with van der Waals surface area (Å²) < 4.78 is 5.44. The lowest BCUT2D eigenvalue weighted by Crippen LogP contribution is -2.35. The number of likely N-dealkylation sites (N-methyl/N-ethyl adjacent to an activating group) is 1. The highest BCUT2D eigenvalue weighted by atomic mass is 16.5. The van der Waals surface area contributed by atoms with E-state index in [1.807, 2.05) is 24.3 Å². The molecule has 2 amide bonds. The van der Waals surface area contributed by atoms with Crippen molar-refractivity contribution in [2.75, 3.05) is 23.9 Å². The summed E-state index contributed by atoms with van der Waals surface area (Å²) in [7, 11) is 1.71. The van der Waals surface area contributed by atoms with E-state index in [1.165, 1.54) is 5.56 Å². The first-order valence-corrected chi connectivity index (χ1v) is 8.21. The van der Waals surface area contributed by atoms with Gasteiger partial charge in [-0.1, -0.05) is 32.9 Å². The number of rotatable bonds is 2. The molecule has 1 heterocycles. The number of carbonyl (C=O) groups is 2. The fraction of sp³-hybridized carbons (Fsp3) is 0.300. The summed E-state index contributed by atoms with van der Waals surface area (Å²) in [4.78, 5) is 25.6. The van der Waals surface area contributed by atoms with Crippen LogP contribution in [-0.4, -0.2) is 25.5 Å². The van der Waals surface area contributed by atoms with Gasteiger partial charge >= 0.3 is 0 Å². The van der Waals surface area contributed by atoms with Crippen molar-refractivity contribution in [3.05, 3.63) is 53.6 Å². The van der Waals surface area contributed by atoms with Crippen molar-refractivity contribution in [2.45, 2.75) is 26.2 Å². The van der Waals surface area contributed by atoms with Crippen LogP contribution in [0, 0.1) is 0 Å². The van der Waals surface area contributed by atoms with Crippen LogP contribution in [0.2, 0.25) is 0 Å². The third-order valence-electron chi connectivity index (χ3n) is 4.32. The average Bonchev–Trinajstić information content (AvgIpc) is 2.57. The van der Waals surface area contributed by atoms with Gasteiger partial charge in [0.15, 0.2) is 6.61 Å². The first-order valence-electron chi connectivity index (χ1n) is 8.21. The molecule has 5 heteroatoms. The number of carbonyl (C=O) groups excluding carboxylic acids is 2. The number of nitrogens with one attached hydrogen (secondary N) is 1. The molecule has 5 nitrogen and oxygen atoms in total. The van der Waals surface area contributed by atoms with Gasteiger partial charge in [0.05, 0.1) is 5.69 Å². The van der Waals surface area contributed by atoms with Crippen molar-refractivity contribution in [2.24, 2.45) is 0 Å². The summed E-state index contributed by atoms with van der Waals surface area (Å²) in [5.74, 6) is 0.312. The van der Waals surface area contributed by atoms with E-state index in [1.54, 1.807) is 30.1 Å². The lowest BCUT2D eigenvalue weighted by atomic mass is 9.87. The van der Waals surface area contributed by atoms with E-state index >= 15 is 0 Å². The quantitative estimate of drug-likeness (QED) is 0.910. The molecule has 2 aromatic carbocycles. The predicted molar refractivity (Wildman–Crippen MR) is 98.4 cm³/mol. The van der Waals surface area contributed by atoms with E-state index in [0.29, 0.717) is 22.7 Å². The Morgan fingerprint density at radius 1 is 1.12 bits per heavy atom. The maximum atomic E-state index is 12.4. The van der Waals surface area contributed by atoms with E-state index < -0.39 is 0 Å². The van der Waals surface area contributed by atoms with E-state index in [9.17, 15) is 9.59 Å². The maximum absolute atomic E-state index is 12.4. The number of amides is 2. The molecule has 1 N–H and O–H groups in total. The van der Waals surface area contributed by atoms with Crippen LogP contribution in [-0.2, 0) is 10.2 Å². The van der Waals surface area contributed by atoms with Gasteiger partial charge in [-0.15, -0.1) is 0 Å². The molecule has 1 aliphatic rings. The molecule has 2 aromatic rings. The molecule has 3 rings (SSSR count). The summed E-state index contributed by atoms with van der Waals surface area (Å²) >= 11 is 0.